The van der Waals surface area contributed by atoms with Gasteiger partial charge in [-0.1, -0.05) is 12.1 Å². The molecule has 2 rings (SSSR count). The first kappa shape index (κ1) is 15.9. The van der Waals surface area contributed by atoms with Gasteiger partial charge in [-0.2, -0.15) is 0 Å². The van der Waals surface area contributed by atoms with Gasteiger partial charge in [0.1, 0.15) is 5.82 Å². The highest BCUT2D eigenvalue weighted by Gasteiger charge is 2.16. The molecule has 0 heterocycles. The van der Waals surface area contributed by atoms with Gasteiger partial charge in [0.05, 0.1) is 16.6 Å². The predicted octanol–water partition coefficient (Wildman–Crippen LogP) is 4.29. The Labute approximate surface area is 135 Å². The first-order chi connectivity index (χ1) is 9.97. The third-order valence-electron chi connectivity index (χ3n) is 2.78. The number of hydrogen-bond donors (Lipinski definition) is 2. The average Bonchev–Trinajstić information content (AvgIpc) is 2.44. The van der Waals surface area contributed by atoms with Crippen molar-refractivity contribution in [3.8, 4) is 0 Å². The molecule has 3 N–H and O–H groups in total. The van der Waals surface area contributed by atoms with Crippen LogP contribution in [0.1, 0.15) is 6.92 Å². The number of nitrogens with two attached hydrogens (primary N) is 1. The number of carbonyl (C=O) groups excluding carboxylic acids is 1. The fourth-order valence-electron chi connectivity index (χ4n) is 1.67. The van der Waals surface area contributed by atoms with Gasteiger partial charge in [0.25, 0.3) is 0 Å². The van der Waals surface area contributed by atoms with Crippen molar-refractivity contribution in [2.45, 2.75) is 17.1 Å². The largest absolute Gasteiger partial charge is 0.397 e. The number of nitrogens with one attached hydrogen (secondary N) is 1. The Hall–Kier alpha value is -1.53. The van der Waals surface area contributed by atoms with E-state index in [1.54, 1.807) is 6.92 Å². The summed E-state index contributed by atoms with van der Waals surface area (Å²) >= 11 is 4.88. The zero-order valence-corrected chi connectivity index (χ0v) is 13.7. The van der Waals surface area contributed by atoms with Crippen molar-refractivity contribution in [3.05, 3.63) is 52.8 Å². The number of benzene rings is 2. The molecule has 21 heavy (non-hydrogen) atoms. The first-order valence-corrected chi connectivity index (χ1v) is 7.91. The summed E-state index contributed by atoms with van der Waals surface area (Å²) in [6.07, 6.45) is 0. The average molecular weight is 369 g/mol. The Bertz CT molecular complexity index is 666. The molecule has 110 valence electrons. The fourth-order valence-corrected chi connectivity index (χ4v) is 3.12. The second kappa shape index (κ2) is 6.95. The van der Waals surface area contributed by atoms with Crippen molar-refractivity contribution in [3.63, 3.8) is 0 Å². The number of nitrogen functional groups attached to an aromatic ring is 1. The minimum Gasteiger partial charge on any atom is -0.397 e. The highest BCUT2D eigenvalue weighted by molar-refractivity contribution is 9.10. The van der Waals surface area contributed by atoms with Gasteiger partial charge in [0.2, 0.25) is 5.91 Å². The van der Waals surface area contributed by atoms with E-state index < -0.39 is 5.82 Å². The van der Waals surface area contributed by atoms with Crippen LogP contribution in [0.4, 0.5) is 15.8 Å². The summed E-state index contributed by atoms with van der Waals surface area (Å²) in [5.41, 5.74) is 6.30. The van der Waals surface area contributed by atoms with Gasteiger partial charge >= 0.3 is 0 Å². The van der Waals surface area contributed by atoms with E-state index in [4.69, 9.17) is 5.73 Å². The molecule has 1 amide bonds. The molecule has 1 atom stereocenters. The molecule has 0 aliphatic rings. The normalized spacial score (nSPS) is 12.0. The van der Waals surface area contributed by atoms with Crippen molar-refractivity contribution in [1.29, 1.82) is 0 Å². The van der Waals surface area contributed by atoms with Gasteiger partial charge < -0.3 is 11.1 Å². The molecular weight excluding hydrogens is 355 g/mol. The van der Waals surface area contributed by atoms with Crippen LogP contribution in [-0.2, 0) is 4.79 Å². The molecule has 3 nitrogen and oxygen atoms in total. The Morgan fingerprint density at radius 3 is 2.71 bits per heavy atom. The molecule has 0 bridgehead atoms. The summed E-state index contributed by atoms with van der Waals surface area (Å²) in [5.74, 6) is -0.616. The van der Waals surface area contributed by atoms with Crippen LogP contribution >= 0.6 is 27.7 Å². The van der Waals surface area contributed by atoms with Crippen LogP contribution in [0.3, 0.4) is 0 Å². The topological polar surface area (TPSA) is 55.1 Å². The second-order valence-electron chi connectivity index (χ2n) is 4.41. The smallest absolute Gasteiger partial charge is 0.237 e. The molecule has 1 unspecified atom stereocenters. The number of anilines is 2. The van der Waals surface area contributed by atoms with Gasteiger partial charge in [-0.05, 0) is 53.2 Å². The van der Waals surface area contributed by atoms with Crippen LogP contribution in [0.15, 0.2) is 51.8 Å². The van der Waals surface area contributed by atoms with E-state index in [0.717, 1.165) is 9.37 Å². The van der Waals surface area contributed by atoms with Crippen molar-refractivity contribution >= 4 is 45.0 Å². The first-order valence-electron chi connectivity index (χ1n) is 6.24. The third kappa shape index (κ3) is 4.22. The highest BCUT2D eigenvalue weighted by atomic mass is 79.9. The number of amides is 1. The zero-order chi connectivity index (χ0) is 15.4. The second-order valence-corrected chi connectivity index (χ2v) is 6.65. The summed E-state index contributed by atoms with van der Waals surface area (Å²) in [7, 11) is 0. The number of hydrogen-bond acceptors (Lipinski definition) is 3. The van der Waals surface area contributed by atoms with E-state index in [0.29, 0.717) is 5.69 Å². The molecule has 0 spiro atoms. The number of rotatable bonds is 4. The number of carbonyl (C=O) groups is 1. The van der Waals surface area contributed by atoms with Gasteiger partial charge in [0, 0.05) is 9.37 Å². The lowest BCUT2D eigenvalue weighted by Gasteiger charge is -2.14. The van der Waals surface area contributed by atoms with Gasteiger partial charge in [0.15, 0.2) is 0 Å². The van der Waals surface area contributed by atoms with Gasteiger partial charge in [-0.15, -0.1) is 11.8 Å². The molecular formula is C15H14BrFN2OS. The van der Waals surface area contributed by atoms with Crippen molar-refractivity contribution in [1.82, 2.24) is 0 Å². The Morgan fingerprint density at radius 2 is 2.05 bits per heavy atom. The molecule has 0 saturated heterocycles. The van der Waals surface area contributed by atoms with E-state index in [1.165, 1.54) is 30.0 Å². The molecule has 0 saturated carbocycles. The lowest BCUT2D eigenvalue weighted by molar-refractivity contribution is -0.115. The van der Waals surface area contributed by atoms with Gasteiger partial charge in [-0.25, -0.2) is 4.39 Å². The van der Waals surface area contributed by atoms with E-state index in [1.807, 2.05) is 24.3 Å². The molecule has 0 fully saturated rings. The predicted molar refractivity (Wildman–Crippen MR) is 88.9 cm³/mol. The van der Waals surface area contributed by atoms with Crippen LogP contribution in [-0.4, -0.2) is 11.2 Å². The van der Waals surface area contributed by atoms with Crippen LogP contribution in [0.25, 0.3) is 0 Å². The van der Waals surface area contributed by atoms with Crippen LogP contribution in [0.5, 0.6) is 0 Å². The maximum atomic E-state index is 13.0. The summed E-state index contributed by atoms with van der Waals surface area (Å²) in [6, 6.07) is 11.6. The van der Waals surface area contributed by atoms with E-state index in [9.17, 15) is 9.18 Å². The van der Waals surface area contributed by atoms with Crippen LogP contribution < -0.4 is 11.1 Å². The Kier molecular flexibility index (Phi) is 5.25. The third-order valence-corrected chi connectivity index (χ3v) is 4.91. The lowest BCUT2D eigenvalue weighted by atomic mass is 10.2. The Balaban J connectivity index is 2.04. The maximum absolute atomic E-state index is 13.0. The Morgan fingerprint density at radius 1 is 1.33 bits per heavy atom. The van der Waals surface area contributed by atoms with Gasteiger partial charge in [-0.3, -0.25) is 4.79 Å². The minimum absolute atomic E-state index is 0.186. The van der Waals surface area contributed by atoms with E-state index >= 15 is 0 Å². The van der Waals surface area contributed by atoms with Crippen molar-refractivity contribution < 1.29 is 9.18 Å². The molecule has 6 heteroatoms. The lowest BCUT2D eigenvalue weighted by Crippen LogP contribution is -2.23. The summed E-state index contributed by atoms with van der Waals surface area (Å²) in [6.45, 7) is 1.80. The highest BCUT2D eigenvalue weighted by Crippen LogP contribution is 2.31. The van der Waals surface area contributed by atoms with Crippen LogP contribution in [0, 0.1) is 5.82 Å². The monoisotopic (exact) mass is 368 g/mol. The molecule has 0 radical (unpaired) electrons. The summed E-state index contributed by atoms with van der Waals surface area (Å²) < 4.78 is 13.9. The zero-order valence-electron chi connectivity index (χ0n) is 11.3. The number of halogens is 2. The molecule has 0 aromatic heterocycles. The SMILES string of the molecule is CC(Sc1ccccc1Br)C(=O)Nc1ccc(F)cc1N. The molecule has 0 aliphatic carbocycles. The van der Waals surface area contributed by atoms with E-state index in [-0.39, 0.29) is 16.8 Å². The molecule has 2 aromatic rings. The summed E-state index contributed by atoms with van der Waals surface area (Å²) in [4.78, 5) is 13.1. The maximum Gasteiger partial charge on any atom is 0.237 e. The fraction of sp³-hybridized carbons (Fsp3) is 0.133. The standard InChI is InChI=1S/C15H14BrFN2OS/c1-9(21-14-5-3-2-4-11(14)16)15(20)19-13-7-6-10(17)8-12(13)18/h2-9H,18H2,1H3,(H,19,20). The van der Waals surface area contributed by atoms with Crippen LogP contribution in [0.2, 0.25) is 0 Å². The van der Waals surface area contributed by atoms with Crippen molar-refractivity contribution in [2.24, 2.45) is 0 Å². The molecule has 2 aromatic carbocycles. The quantitative estimate of drug-likeness (QED) is 0.625. The summed E-state index contributed by atoms with van der Waals surface area (Å²) in [5, 5.41) is 2.40. The van der Waals surface area contributed by atoms with Crippen molar-refractivity contribution in [2.75, 3.05) is 11.1 Å². The number of thioether (sulfide) groups is 1. The van der Waals surface area contributed by atoms with E-state index in [2.05, 4.69) is 21.2 Å². The molecule has 0 aliphatic heterocycles. The minimum atomic E-state index is -0.430.